The number of amides is 1. The van der Waals surface area contributed by atoms with E-state index in [1.807, 2.05) is 28.9 Å². The number of anilines is 1. The lowest BCUT2D eigenvalue weighted by Gasteiger charge is -2.14. The van der Waals surface area contributed by atoms with Crippen molar-refractivity contribution >= 4 is 23.3 Å². The van der Waals surface area contributed by atoms with Crippen LogP contribution in [0.1, 0.15) is 44.0 Å². The van der Waals surface area contributed by atoms with Crippen molar-refractivity contribution in [1.82, 2.24) is 14.8 Å². The molecular formula is C20H21ClN4O2. The normalized spacial score (nSPS) is 14.6. The third-order valence-corrected chi connectivity index (χ3v) is 5.20. The molecule has 1 amide bonds. The molecule has 0 saturated heterocycles. The Morgan fingerprint density at radius 3 is 2.89 bits per heavy atom. The summed E-state index contributed by atoms with van der Waals surface area (Å²) >= 11 is 6.18. The van der Waals surface area contributed by atoms with Crippen LogP contribution in [0, 0.1) is 0 Å². The van der Waals surface area contributed by atoms with Crippen LogP contribution < -0.4 is 5.32 Å². The maximum atomic E-state index is 12.3. The van der Waals surface area contributed by atoms with E-state index in [0.29, 0.717) is 35.6 Å². The number of nitrogens with zero attached hydrogens (tertiary/aromatic N) is 3. The average molecular weight is 385 g/mol. The van der Waals surface area contributed by atoms with Crippen LogP contribution in [0.3, 0.4) is 0 Å². The molecule has 1 N–H and O–H groups in total. The van der Waals surface area contributed by atoms with Crippen LogP contribution in [-0.4, -0.2) is 20.7 Å². The summed E-state index contributed by atoms with van der Waals surface area (Å²) in [4.78, 5) is 16.6. The van der Waals surface area contributed by atoms with Gasteiger partial charge in [-0.05, 0) is 25.0 Å². The topological polar surface area (TPSA) is 73.0 Å². The lowest BCUT2D eigenvalue weighted by atomic mass is 10.2. The Morgan fingerprint density at radius 1 is 1.26 bits per heavy atom. The number of hydrogen-bond donors (Lipinski definition) is 1. The van der Waals surface area contributed by atoms with Gasteiger partial charge < -0.3 is 9.73 Å². The van der Waals surface area contributed by atoms with E-state index in [1.165, 1.54) is 12.8 Å². The molecule has 0 aliphatic heterocycles. The summed E-state index contributed by atoms with van der Waals surface area (Å²) in [5.41, 5.74) is 0.794. The number of hydrogen-bond acceptors (Lipinski definition) is 4. The Hall–Kier alpha value is -2.60. The van der Waals surface area contributed by atoms with Crippen LogP contribution in [-0.2, 0) is 11.2 Å². The Morgan fingerprint density at radius 2 is 2.07 bits per heavy atom. The Balaban J connectivity index is 1.35. The van der Waals surface area contributed by atoms with Crippen LogP contribution in [0.15, 0.2) is 47.1 Å². The van der Waals surface area contributed by atoms with Crippen molar-refractivity contribution in [2.75, 3.05) is 5.32 Å². The largest absolute Gasteiger partial charge is 0.441 e. The van der Waals surface area contributed by atoms with E-state index < -0.39 is 0 Å². The molecule has 0 spiro atoms. The summed E-state index contributed by atoms with van der Waals surface area (Å²) in [6.07, 6.45) is 8.76. The molecule has 0 unspecified atom stereocenters. The number of carbonyl (C=O) groups excluding carboxylic acids is 1. The Kier molecular flexibility index (Phi) is 5.25. The maximum absolute atomic E-state index is 12.3. The summed E-state index contributed by atoms with van der Waals surface area (Å²) in [6, 6.07) is 9.68. The minimum absolute atomic E-state index is 0.0766. The van der Waals surface area contributed by atoms with Gasteiger partial charge in [-0.25, -0.2) is 9.67 Å². The molecule has 3 aromatic rings. The summed E-state index contributed by atoms with van der Waals surface area (Å²) in [5, 5.41) is 7.94. The van der Waals surface area contributed by atoms with Crippen molar-refractivity contribution < 1.29 is 9.21 Å². The van der Waals surface area contributed by atoms with Crippen molar-refractivity contribution in [1.29, 1.82) is 0 Å². The summed E-state index contributed by atoms with van der Waals surface area (Å²) < 4.78 is 7.68. The minimum atomic E-state index is -0.0766. The molecule has 6 nitrogen and oxygen atoms in total. The highest BCUT2D eigenvalue weighted by Gasteiger charge is 2.20. The average Bonchev–Trinajstić information content (AvgIpc) is 3.42. The predicted molar refractivity (Wildman–Crippen MR) is 104 cm³/mol. The number of nitrogens with one attached hydrogen (secondary N) is 1. The number of aryl methyl sites for hydroxylation is 1. The lowest BCUT2D eigenvalue weighted by molar-refractivity contribution is -0.116. The van der Waals surface area contributed by atoms with Gasteiger partial charge in [0.1, 0.15) is 5.82 Å². The highest BCUT2D eigenvalue weighted by Crippen LogP contribution is 2.31. The smallest absolute Gasteiger partial charge is 0.226 e. The van der Waals surface area contributed by atoms with Crippen LogP contribution >= 0.6 is 11.6 Å². The van der Waals surface area contributed by atoms with Crippen molar-refractivity contribution in [3.05, 3.63) is 53.6 Å². The minimum Gasteiger partial charge on any atom is -0.441 e. The first-order valence-corrected chi connectivity index (χ1v) is 9.61. The quantitative estimate of drug-likeness (QED) is 0.657. The Bertz CT molecular complexity index is 927. The van der Waals surface area contributed by atoms with E-state index in [0.717, 1.165) is 24.2 Å². The van der Waals surface area contributed by atoms with Crippen LogP contribution in [0.5, 0.6) is 0 Å². The molecule has 4 rings (SSSR count). The van der Waals surface area contributed by atoms with E-state index in [-0.39, 0.29) is 5.91 Å². The van der Waals surface area contributed by atoms with Crippen molar-refractivity contribution in [2.24, 2.45) is 0 Å². The third kappa shape index (κ3) is 4.06. The van der Waals surface area contributed by atoms with Gasteiger partial charge in [0.05, 0.1) is 23.5 Å². The number of carbonyl (C=O) groups is 1. The number of halogens is 1. The molecule has 2 aromatic heterocycles. The van der Waals surface area contributed by atoms with Gasteiger partial charge in [-0.2, -0.15) is 5.10 Å². The van der Waals surface area contributed by atoms with Gasteiger partial charge >= 0.3 is 0 Å². The molecule has 1 aliphatic rings. The van der Waals surface area contributed by atoms with Crippen molar-refractivity contribution in [3.63, 3.8) is 0 Å². The molecule has 0 bridgehead atoms. The monoisotopic (exact) mass is 384 g/mol. The molecule has 0 atom stereocenters. The van der Waals surface area contributed by atoms with Crippen LogP contribution in [0.25, 0.3) is 11.3 Å². The zero-order valence-electron chi connectivity index (χ0n) is 14.9. The first-order valence-electron chi connectivity index (χ1n) is 9.23. The number of oxazole rings is 1. The first kappa shape index (κ1) is 17.8. The summed E-state index contributed by atoms with van der Waals surface area (Å²) in [6.45, 7) is 0. The van der Waals surface area contributed by atoms with E-state index in [9.17, 15) is 4.79 Å². The molecule has 1 saturated carbocycles. The first-order chi connectivity index (χ1) is 13.2. The van der Waals surface area contributed by atoms with Gasteiger partial charge in [-0.1, -0.05) is 36.6 Å². The van der Waals surface area contributed by atoms with Crippen LogP contribution in [0.2, 0.25) is 5.02 Å². The molecule has 1 aliphatic carbocycles. The molecule has 1 aromatic carbocycles. The van der Waals surface area contributed by atoms with E-state index >= 15 is 0 Å². The fourth-order valence-corrected chi connectivity index (χ4v) is 3.72. The second kappa shape index (κ2) is 7.96. The predicted octanol–water partition coefficient (Wildman–Crippen LogP) is 4.88. The van der Waals surface area contributed by atoms with Crippen molar-refractivity contribution in [2.45, 2.75) is 44.6 Å². The molecule has 7 heteroatoms. The van der Waals surface area contributed by atoms with Gasteiger partial charge in [0.25, 0.3) is 0 Å². The molecule has 140 valence electrons. The highest BCUT2D eigenvalue weighted by atomic mass is 35.5. The zero-order valence-corrected chi connectivity index (χ0v) is 15.7. The van der Waals surface area contributed by atoms with Gasteiger partial charge in [0, 0.05) is 24.5 Å². The molecule has 1 fully saturated rings. The van der Waals surface area contributed by atoms with Crippen molar-refractivity contribution in [3.8, 4) is 11.3 Å². The fraction of sp³-hybridized carbons (Fsp3) is 0.350. The third-order valence-electron chi connectivity index (χ3n) is 4.87. The molecular weight excluding hydrogens is 364 g/mol. The number of benzene rings is 1. The van der Waals surface area contributed by atoms with E-state index in [1.54, 1.807) is 18.5 Å². The second-order valence-corrected chi connectivity index (χ2v) is 7.15. The number of aromatic nitrogens is 3. The van der Waals surface area contributed by atoms with Crippen LogP contribution in [0.4, 0.5) is 5.82 Å². The molecule has 2 heterocycles. The molecule has 27 heavy (non-hydrogen) atoms. The number of rotatable bonds is 6. The lowest BCUT2D eigenvalue weighted by Crippen LogP contribution is -2.18. The Labute approximate surface area is 162 Å². The van der Waals surface area contributed by atoms with E-state index in [2.05, 4.69) is 15.4 Å². The van der Waals surface area contributed by atoms with Gasteiger partial charge in [-0.3, -0.25) is 4.79 Å². The summed E-state index contributed by atoms with van der Waals surface area (Å²) in [7, 11) is 0. The van der Waals surface area contributed by atoms with Gasteiger partial charge in [0.2, 0.25) is 5.91 Å². The molecule has 0 radical (unpaired) electrons. The van der Waals surface area contributed by atoms with Gasteiger partial charge in [0.15, 0.2) is 11.7 Å². The summed E-state index contributed by atoms with van der Waals surface area (Å²) in [5.74, 6) is 1.81. The fourth-order valence-electron chi connectivity index (χ4n) is 3.49. The standard InChI is InChI=1S/C20H21ClN4O2/c21-16-8-4-3-7-15(16)17-13-22-20(27-17)10-9-19(26)24-18-11-12-23-25(18)14-5-1-2-6-14/h3-4,7-8,11-14H,1-2,5-6,9-10H2,(H,24,26). The second-order valence-electron chi connectivity index (χ2n) is 6.75. The highest BCUT2D eigenvalue weighted by molar-refractivity contribution is 6.33. The zero-order chi connectivity index (χ0) is 18.6. The van der Waals surface area contributed by atoms with Gasteiger partial charge in [-0.15, -0.1) is 0 Å². The van der Waals surface area contributed by atoms with E-state index in [4.69, 9.17) is 16.0 Å². The SMILES string of the molecule is O=C(CCc1ncc(-c2ccccc2Cl)o1)Nc1ccnn1C1CCCC1. The maximum Gasteiger partial charge on any atom is 0.226 e.